The molecular formula is C16H26N4S. The Morgan fingerprint density at radius 3 is 2.62 bits per heavy atom. The Labute approximate surface area is 131 Å². The third-order valence-electron chi connectivity index (χ3n) is 3.71. The predicted molar refractivity (Wildman–Crippen MR) is 91.0 cm³/mol. The number of nitrogens with one attached hydrogen (secondary N) is 1. The molecule has 0 amide bonds. The standard InChI is InChI=1S/C16H26N4S/c1-4-15-7-8-16(21-15)12-17-14-11-18-20(13-14)10-9-19(5-2)6-3/h7-8,11,13,17H,4-6,9-10,12H2,1-3H3. The first-order chi connectivity index (χ1) is 10.2. The summed E-state index contributed by atoms with van der Waals surface area (Å²) in [5, 5.41) is 7.87. The Balaban J connectivity index is 1.79. The van der Waals surface area contributed by atoms with Gasteiger partial charge in [0.25, 0.3) is 0 Å². The van der Waals surface area contributed by atoms with Gasteiger partial charge in [-0.15, -0.1) is 11.3 Å². The van der Waals surface area contributed by atoms with Gasteiger partial charge in [-0.1, -0.05) is 20.8 Å². The summed E-state index contributed by atoms with van der Waals surface area (Å²) >= 11 is 1.88. The quantitative estimate of drug-likeness (QED) is 0.770. The van der Waals surface area contributed by atoms with E-state index in [0.717, 1.165) is 44.8 Å². The fourth-order valence-electron chi connectivity index (χ4n) is 2.26. The van der Waals surface area contributed by atoms with Crippen molar-refractivity contribution in [3.8, 4) is 0 Å². The molecule has 0 spiro atoms. The molecule has 2 aromatic heterocycles. The molecule has 4 nitrogen and oxygen atoms in total. The van der Waals surface area contributed by atoms with Crippen molar-refractivity contribution in [3.63, 3.8) is 0 Å². The second-order valence-corrected chi connectivity index (χ2v) is 6.35. The van der Waals surface area contributed by atoms with Crippen LogP contribution in [-0.2, 0) is 19.5 Å². The number of aryl methyl sites for hydroxylation is 1. The molecule has 0 saturated heterocycles. The van der Waals surface area contributed by atoms with E-state index in [9.17, 15) is 0 Å². The monoisotopic (exact) mass is 306 g/mol. The van der Waals surface area contributed by atoms with Crippen molar-refractivity contribution in [2.24, 2.45) is 0 Å². The summed E-state index contributed by atoms with van der Waals surface area (Å²) < 4.78 is 2.02. The van der Waals surface area contributed by atoms with E-state index in [1.165, 1.54) is 9.75 Å². The molecule has 0 aliphatic heterocycles. The minimum absolute atomic E-state index is 0.881. The first kappa shape index (κ1) is 16.0. The van der Waals surface area contributed by atoms with Gasteiger partial charge in [-0.25, -0.2) is 0 Å². The summed E-state index contributed by atoms with van der Waals surface area (Å²) in [7, 11) is 0. The summed E-state index contributed by atoms with van der Waals surface area (Å²) in [6, 6.07) is 4.43. The average Bonchev–Trinajstić information content (AvgIpc) is 3.15. The molecule has 0 aromatic carbocycles. The van der Waals surface area contributed by atoms with Crippen LogP contribution in [0.2, 0.25) is 0 Å². The van der Waals surface area contributed by atoms with Crippen molar-refractivity contribution in [3.05, 3.63) is 34.3 Å². The summed E-state index contributed by atoms with van der Waals surface area (Å²) in [5.74, 6) is 0. The lowest BCUT2D eigenvalue weighted by Crippen LogP contribution is -2.27. The van der Waals surface area contributed by atoms with Gasteiger partial charge in [0.2, 0.25) is 0 Å². The lowest BCUT2D eigenvalue weighted by atomic mass is 10.3. The highest BCUT2D eigenvalue weighted by atomic mass is 32.1. The van der Waals surface area contributed by atoms with Crippen LogP contribution in [0, 0.1) is 0 Å². The molecule has 0 atom stereocenters. The number of thiophene rings is 1. The maximum Gasteiger partial charge on any atom is 0.0729 e. The molecule has 0 bridgehead atoms. The fraction of sp³-hybridized carbons (Fsp3) is 0.562. The van der Waals surface area contributed by atoms with E-state index in [4.69, 9.17) is 0 Å². The van der Waals surface area contributed by atoms with E-state index in [0.29, 0.717) is 0 Å². The Hall–Kier alpha value is -1.33. The first-order valence-electron chi connectivity index (χ1n) is 7.81. The van der Waals surface area contributed by atoms with Gasteiger partial charge in [0.1, 0.15) is 0 Å². The zero-order chi connectivity index (χ0) is 15.1. The smallest absolute Gasteiger partial charge is 0.0729 e. The van der Waals surface area contributed by atoms with Crippen LogP contribution in [0.3, 0.4) is 0 Å². The fourth-order valence-corrected chi connectivity index (χ4v) is 3.15. The zero-order valence-corrected chi connectivity index (χ0v) is 14.1. The largest absolute Gasteiger partial charge is 0.378 e. The van der Waals surface area contributed by atoms with Gasteiger partial charge >= 0.3 is 0 Å². The number of hydrogen-bond acceptors (Lipinski definition) is 4. The van der Waals surface area contributed by atoms with E-state index in [2.05, 4.69) is 54.4 Å². The van der Waals surface area contributed by atoms with E-state index < -0.39 is 0 Å². The predicted octanol–water partition coefficient (Wildman–Crippen LogP) is 3.46. The van der Waals surface area contributed by atoms with Crippen LogP contribution >= 0.6 is 11.3 Å². The van der Waals surface area contributed by atoms with Gasteiger partial charge in [-0.05, 0) is 31.6 Å². The SMILES string of the molecule is CCc1ccc(CNc2cnn(CCN(CC)CC)c2)s1. The van der Waals surface area contributed by atoms with Crippen LogP contribution in [0.25, 0.3) is 0 Å². The third kappa shape index (κ3) is 4.86. The number of anilines is 1. The van der Waals surface area contributed by atoms with E-state index >= 15 is 0 Å². The molecular weight excluding hydrogens is 280 g/mol. The van der Waals surface area contributed by atoms with E-state index in [-0.39, 0.29) is 0 Å². The summed E-state index contributed by atoms with van der Waals surface area (Å²) in [6.07, 6.45) is 5.13. The molecule has 0 radical (unpaired) electrons. The molecule has 2 rings (SSSR count). The number of nitrogens with zero attached hydrogens (tertiary/aromatic N) is 3. The highest BCUT2D eigenvalue weighted by molar-refractivity contribution is 7.12. The van der Waals surface area contributed by atoms with Crippen molar-refractivity contribution < 1.29 is 0 Å². The van der Waals surface area contributed by atoms with Gasteiger partial charge in [-0.3, -0.25) is 4.68 Å². The molecule has 5 heteroatoms. The summed E-state index contributed by atoms with van der Waals surface area (Å²) in [5.41, 5.74) is 1.10. The maximum absolute atomic E-state index is 4.42. The summed E-state index contributed by atoms with van der Waals surface area (Å²) in [4.78, 5) is 5.23. The molecule has 0 fully saturated rings. The minimum Gasteiger partial charge on any atom is -0.378 e. The molecule has 116 valence electrons. The van der Waals surface area contributed by atoms with Gasteiger partial charge in [0, 0.05) is 29.0 Å². The van der Waals surface area contributed by atoms with Crippen molar-refractivity contribution >= 4 is 17.0 Å². The van der Waals surface area contributed by atoms with Gasteiger partial charge in [-0.2, -0.15) is 5.10 Å². The van der Waals surface area contributed by atoms with Crippen LogP contribution in [-0.4, -0.2) is 34.3 Å². The topological polar surface area (TPSA) is 33.1 Å². The Kier molecular flexibility index (Phi) is 6.26. The number of aromatic nitrogens is 2. The van der Waals surface area contributed by atoms with Gasteiger partial charge < -0.3 is 10.2 Å². The molecule has 0 aliphatic carbocycles. The van der Waals surface area contributed by atoms with E-state index in [1.54, 1.807) is 0 Å². The van der Waals surface area contributed by atoms with Crippen molar-refractivity contribution in [1.29, 1.82) is 0 Å². The van der Waals surface area contributed by atoms with Crippen LogP contribution < -0.4 is 5.32 Å². The van der Waals surface area contributed by atoms with Crippen molar-refractivity contribution in [2.45, 2.75) is 40.3 Å². The Bertz CT molecular complexity index is 528. The van der Waals surface area contributed by atoms with Gasteiger partial charge in [0.05, 0.1) is 18.4 Å². The second-order valence-electron chi connectivity index (χ2n) is 5.09. The maximum atomic E-state index is 4.42. The molecule has 2 aromatic rings. The lowest BCUT2D eigenvalue weighted by molar-refractivity contribution is 0.285. The lowest BCUT2D eigenvalue weighted by Gasteiger charge is -2.17. The Morgan fingerprint density at radius 1 is 1.19 bits per heavy atom. The third-order valence-corrected chi connectivity index (χ3v) is 4.94. The highest BCUT2D eigenvalue weighted by Gasteiger charge is 2.03. The number of hydrogen-bond donors (Lipinski definition) is 1. The van der Waals surface area contributed by atoms with Crippen LogP contribution in [0.4, 0.5) is 5.69 Å². The first-order valence-corrected chi connectivity index (χ1v) is 8.63. The zero-order valence-electron chi connectivity index (χ0n) is 13.3. The highest BCUT2D eigenvalue weighted by Crippen LogP contribution is 2.18. The normalized spacial score (nSPS) is 11.2. The van der Waals surface area contributed by atoms with E-state index in [1.807, 2.05) is 22.2 Å². The molecule has 0 unspecified atom stereocenters. The molecule has 1 N–H and O–H groups in total. The van der Waals surface area contributed by atoms with Crippen LogP contribution in [0.1, 0.15) is 30.5 Å². The molecule has 0 saturated carbocycles. The minimum atomic E-state index is 0.881. The number of rotatable bonds is 9. The molecule has 0 aliphatic rings. The molecule has 21 heavy (non-hydrogen) atoms. The van der Waals surface area contributed by atoms with Crippen molar-refractivity contribution in [1.82, 2.24) is 14.7 Å². The molecule has 2 heterocycles. The second kappa shape index (κ2) is 8.20. The summed E-state index contributed by atoms with van der Waals surface area (Å²) in [6.45, 7) is 11.7. The number of likely N-dealkylation sites (N-methyl/N-ethyl adjacent to an activating group) is 1. The average molecular weight is 306 g/mol. The van der Waals surface area contributed by atoms with Crippen LogP contribution in [0.15, 0.2) is 24.5 Å². The van der Waals surface area contributed by atoms with Crippen molar-refractivity contribution in [2.75, 3.05) is 25.0 Å². The Morgan fingerprint density at radius 2 is 1.95 bits per heavy atom. The van der Waals surface area contributed by atoms with Gasteiger partial charge in [0.15, 0.2) is 0 Å². The van der Waals surface area contributed by atoms with Crippen LogP contribution in [0.5, 0.6) is 0 Å².